The first-order chi connectivity index (χ1) is 7.59. The van der Waals surface area contributed by atoms with Gasteiger partial charge >= 0.3 is 0 Å². The zero-order valence-electron chi connectivity index (χ0n) is 10.2. The molecule has 16 heavy (non-hydrogen) atoms. The highest BCUT2D eigenvalue weighted by Crippen LogP contribution is 2.34. The number of hydrogen-bond donors (Lipinski definition) is 0. The smallest absolute Gasteiger partial charge is 0.139 e. The third-order valence-corrected chi connectivity index (χ3v) is 3.39. The topological polar surface area (TPSA) is 17.1 Å². The van der Waals surface area contributed by atoms with Gasteiger partial charge in [-0.15, -0.1) is 0 Å². The highest BCUT2D eigenvalue weighted by atomic mass is 16.1. The molecule has 0 unspecified atom stereocenters. The third kappa shape index (κ3) is 1.95. The number of benzene rings is 1. The molecule has 1 aliphatic carbocycles. The van der Waals surface area contributed by atoms with Crippen molar-refractivity contribution < 1.29 is 4.79 Å². The SMILES string of the molecule is CC1=C(CC(=O)C(C)C)Cc2ccccc21. The van der Waals surface area contributed by atoms with Gasteiger partial charge in [-0.3, -0.25) is 4.79 Å². The normalized spacial score (nSPS) is 14.5. The number of carbonyl (C=O) groups excluding carboxylic acids is 1. The molecular weight excluding hydrogens is 196 g/mol. The fraction of sp³-hybridized carbons (Fsp3) is 0.400. The van der Waals surface area contributed by atoms with E-state index in [-0.39, 0.29) is 5.92 Å². The molecule has 0 saturated carbocycles. The minimum absolute atomic E-state index is 0.143. The molecule has 84 valence electrons. The molecule has 0 fully saturated rings. The zero-order valence-corrected chi connectivity index (χ0v) is 10.2. The Morgan fingerprint density at radius 3 is 2.62 bits per heavy atom. The van der Waals surface area contributed by atoms with Gasteiger partial charge in [0.15, 0.2) is 0 Å². The van der Waals surface area contributed by atoms with E-state index >= 15 is 0 Å². The maximum Gasteiger partial charge on any atom is 0.139 e. The van der Waals surface area contributed by atoms with E-state index in [1.165, 1.54) is 22.3 Å². The van der Waals surface area contributed by atoms with Crippen LogP contribution in [0.2, 0.25) is 0 Å². The number of carbonyl (C=O) groups is 1. The van der Waals surface area contributed by atoms with Crippen molar-refractivity contribution in [1.82, 2.24) is 0 Å². The van der Waals surface area contributed by atoms with E-state index in [4.69, 9.17) is 0 Å². The maximum absolute atomic E-state index is 11.8. The first-order valence-corrected chi connectivity index (χ1v) is 5.89. The van der Waals surface area contributed by atoms with Gasteiger partial charge in [-0.25, -0.2) is 0 Å². The molecular formula is C15H18O. The summed E-state index contributed by atoms with van der Waals surface area (Å²) in [6.07, 6.45) is 1.58. The van der Waals surface area contributed by atoms with Gasteiger partial charge in [-0.2, -0.15) is 0 Å². The quantitative estimate of drug-likeness (QED) is 0.751. The summed E-state index contributed by atoms with van der Waals surface area (Å²) in [5, 5.41) is 0. The average molecular weight is 214 g/mol. The van der Waals surface area contributed by atoms with Crippen LogP contribution in [0, 0.1) is 5.92 Å². The second-order valence-electron chi connectivity index (χ2n) is 4.86. The molecule has 0 N–H and O–H groups in total. The van der Waals surface area contributed by atoms with Crippen LogP contribution in [0.4, 0.5) is 0 Å². The fourth-order valence-electron chi connectivity index (χ4n) is 2.20. The van der Waals surface area contributed by atoms with E-state index in [9.17, 15) is 4.79 Å². The van der Waals surface area contributed by atoms with Gasteiger partial charge in [0.25, 0.3) is 0 Å². The van der Waals surface area contributed by atoms with Crippen molar-refractivity contribution in [2.75, 3.05) is 0 Å². The van der Waals surface area contributed by atoms with Crippen LogP contribution in [-0.4, -0.2) is 5.78 Å². The van der Waals surface area contributed by atoms with Crippen molar-refractivity contribution in [3.05, 3.63) is 41.0 Å². The van der Waals surface area contributed by atoms with Gasteiger partial charge in [0, 0.05) is 12.3 Å². The van der Waals surface area contributed by atoms with E-state index in [2.05, 4.69) is 31.2 Å². The van der Waals surface area contributed by atoms with E-state index in [1.807, 2.05) is 13.8 Å². The van der Waals surface area contributed by atoms with Gasteiger partial charge < -0.3 is 0 Å². The Balaban J connectivity index is 2.22. The Morgan fingerprint density at radius 2 is 2.00 bits per heavy atom. The molecule has 1 aliphatic rings. The van der Waals surface area contributed by atoms with Crippen LogP contribution in [0.15, 0.2) is 29.8 Å². The third-order valence-electron chi connectivity index (χ3n) is 3.39. The minimum Gasteiger partial charge on any atom is -0.299 e. The van der Waals surface area contributed by atoms with E-state index < -0.39 is 0 Å². The summed E-state index contributed by atoms with van der Waals surface area (Å²) in [6, 6.07) is 8.44. The van der Waals surface area contributed by atoms with E-state index in [0.29, 0.717) is 12.2 Å². The molecule has 0 aromatic heterocycles. The summed E-state index contributed by atoms with van der Waals surface area (Å²) < 4.78 is 0. The Kier molecular flexibility index (Phi) is 2.95. The highest BCUT2D eigenvalue weighted by Gasteiger charge is 2.20. The molecule has 0 spiro atoms. The molecule has 0 bridgehead atoms. The first kappa shape index (κ1) is 11.1. The van der Waals surface area contributed by atoms with Gasteiger partial charge in [-0.05, 0) is 30.0 Å². The zero-order chi connectivity index (χ0) is 11.7. The summed E-state index contributed by atoms with van der Waals surface area (Å²) in [5.41, 5.74) is 5.31. The molecule has 0 heterocycles. The number of Topliss-reactive ketones (excluding diaryl/α,β-unsaturated/α-hetero) is 1. The predicted octanol–water partition coefficient (Wildman–Crippen LogP) is 3.63. The van der Waals surface area contributed by atoms with Crippen molar-refractivity contribution in [2.45, 2.75) is 33.6 Å². The number of rotatable bonds is 3. The van der Waals surface area contributed by atoms with Gasteiger partial charge in [0.1, 0.15) is 5.78 Å². The predicted molar refractivity (Wildman–Crippen MR) is 67.2 cm³/mol. The molecule has 1 aromatic rings. The molecule has 0 aliphatic heterocycles. The largest absolute Gasteiger partial charge is 0.299 e. The van der Waals surface area contributed by atoms with Crippen molar-refractivity contribution in [1.29, 1.82) is 0 Å². The molecule has 2 rings (SSSR count). The number of fused-ring (bicyclic) bond motifs is 1. The van der Waals surface area contributed by atoms with Gasteiger partial charge in [0.2, 0.25) is 0 Å². The highest BCUT2D eigenvalue weighted by molar-refractivity contribution is 5.87. The second-order valence-corrected chi connectivity index (χ2v) is 4.86. The molecule has 0 saturated heterocycles. The second kappa shape index (κ2) is 4.25. The Bertz CT molecular complexity index is 452. The molecule has 1 aromatic carbocycles. The summed E-state index contributed by atoms with van der Waals surface area (Å²) in [7, 11) is 0. The molecule has 1 nitrogen and oxygen atoms in total. The maximum atomic E-state index is 11.8. The summed E-state index contributed by atoms with van der Waals surface area (Å²) in [4.78, 5) is 11.8. The van der Waals surface area contributed by atoms with Crippen LogP contribution in [0.5, 0.6) is 0 Å². The fourth-order valence-corrected chi connectivity index (χ4v) is 2.20. The summed E-state index contributed by atoms with van der Waals surface area (Å²) in [5.74, 6) is 0.492. The standard InChI is InChI=1S/C15H18O/c1-10(2)15(16)9-13-8-12-6-4-5-7-14(12)11(13)3/h4-7,10H,8-9H2,1-3H3. The average Bonchev–Trinajstić information content (AvgIpc) is 2.56. The van der Waals surface area contributed by atoms with Crippen LogP contribution < -0.4 is 0 Å². The lowest BCUT2D eigenvalue weighted by Gasteiger charge is -2.06. The van der Waals surface area contributed by atoms with Crippen LogP contribution in [0.1, 0.15) is 38.3 Å². The lowest BCUT2D eigenvalue weighted by Crippen LogP contribution is -2.08. The molecule has 0 amide bonds. The van der Waals surface area contributed by atoms with E-state index in [0.717, 1.165) is 6.42 Å². The van der Waals surface area contributed by atoms with Crippen molar-refractivity contribution in [2.24, 2.45) is 5.92 Å². The Labute approximate surface area is 97.2 Å². The summed E-state index contributed by atoms with van der Waals surface area (Å²) >= 11 is 0. The van der Waals surface area contributed by atoms with Crippen LogP contribution in [0.3, 0.4) is 0 Å². The summed E-state index contributed by atoms with van der Waals surface area (Å²) in [6.45, 7) is 6.08. The number of ketones is 1. The van der Waals surface area contributed by atoms with Crippen LogP contribution >= 0.6 is 0 Å². The van der Waals surface area contributed by atoms with Crippen molar-refractivity contribution in [3.8, 4) is 0 Å². The van der Waals surface area contributed by atoms with Gasteiger partial charge in [-0.1, -0.05) is 43.7 Å². The lowest BCUT2D eigenvalue weighted by atomic mass is 9.98. The Morgan fingerprint density at radius 1 is 1.31 bits per heavy atom. The van der Waals surface area contributed by atoms with E-state index in [1.54, 1.807) is 0 Å². The monoisotopic (exact) mass is 214 g/mol. The van der Waals surface area contributed by atoms with Crippen LogP contribution in [0.25, 0.3) is 5.57 Å². The van der Waals surface area contributed by atoms with Gasteiger partial charge in [0.05, 0.1) is 0 Å². The van der Waals surface area contributed by atoms with Crippen LogP contribution in [-0.2, 0) is 11.2 Å². The number of allylic oxidation sites excluding steroid dienone is 2. The number of hydrogen-bond acceptors (Lipinski definition) is 1. The lowest BCUT2D eigenvalue weighted by molar-refractivity contribution is -0.121. The molecule has 0 atom stereocenters. The molecule has 0 radical (unpaired) electrons. The van der Waals surface area contributed by atoms with Crippen molar-refractivity contribution in [3.63, 3.8) is 0 Å². The first-order valence-electron chi connectivity index (χ1n) is 5.89. The Hall–Kier alpha value is -1.37. The van der Waals surface area contributed by atoms with Crippen molar-refractivity contribution >= 4 is 11.4 Å². The minimum atomic E-state index is 0.143. The molecule has 1 heteroatoms.